The Morgan fingerprint density at radius 1 is 1.15 bits per heavy atom. The predicted octanol–water partition coefficient (Wildman–Crippen LogP) is 4.35. The Hall–Kier alpha value is -1.11. The van der Waals surface area contributed by atoms with E-state index >= 15 is 0 Å². The smallest absolute Gasteiger partial charge is 0.262 e. The molecule has 0 aliphatic carbocycles. The van der Waals surface area contributed by atoms with Crippen LogP contribution in [0.1, 0.15) is 5.56 Å². The Bertz CT molecular complexity index is 748. The molecule has 0 saturated heterocycles. The van der Waals surface area contributed by atoms with Crippen molar-refractivity contribution in [1.82, 2.24) is 0 Å². The van der Waals surface area contributed by atoms with Crippen molar-refractivity contribution < 1.29 is 12.8 Å². The van der Waals surface area contributed by atoms with Gasteiger partial charge in [0, 0.05) is 4.47 Å². The molecule has 0 unspecified atom stereocenters. The molecule has 3 nitrogen and oxygen atoms in total. The van der Waals surface area contributed by atoms with Crippen LogP contribution in [-0.4, -0.2) is 8.42 Å². The molecule has 20 heavy (non-hydrogen) atoms. The minimum Gasteiger partial charge on any atom is -0.275 e. The summed E-state index contributed by atoms with van der Waals surface area (Å²) in [6.45, 7) is 1.84. The Kier molecular flexibility index (Phi) is 4.36. The molecule has 0 atom stereocenters. The van der Waals surface area contributed by atoms with Gasteiger partial charge in [-0.15, -0.1) is 0 Å². The number of sulfonamides is 1. The van der Waals surface area contributed by atoms with Crippen LogP contribution in [-0.2, 0) is 10.0 Å². The normalized spacial score (nSPS) is 11.4. The van der Waals surface area contributed by atoms with Gasteiger partial charge in [-0.2, -0.15) is 0 Å². The lowest BCUT2D eigenvalue weighted by Crippen LogP contribution is -2.14. The van der Waals surface area contributed by atoms with Crippen molar-refractivity contribution in [2.75, 3.05) is 4.72 Å². The van der Waals surface area contributed by atoms with Gasteiger partial charge in [0.05, 0.1) is 9.92 Å². The molecule has 0 aliphatic heterocycles. The summed E-state index contributed by atoms with van der Waals surface area (Å²) in [6.07, 6.45) is 0. The lowest BCUT2D eigenvalue weighted by Gasteiger charge is -2.11. The highest BCUT2D eigenvalue weighted by Gasteiger charge is 2.19. The van der Waals surface area contributed by atoms with E-state index in [1.54, 1.807) is 12.1 Å². The summed E-state index contributed by atoms with van der Waals surface area (Å²) in [5.74, 6) is -0.742. The Balaban J connectivity index is 2.43. The van der Waals surface area contributed by atoms with E-state index in [0.29, 0.717) is 4.47 Å². The van der Waals surface area contributed by atoms with Crippen molar-refractivity contribution in [2.24, 2.45) is 0 Å². The second-order valence-corrected chi connectivity index (χ2v) is 7.05. The summed E-state index contributed by atoms with van der Waals surface area (Å²) in [5.41, 5.74) is 0.650. The monoisotopic (exact) mass is 377 g/mol. The molecule has 2 aromatic rings. The van der Waals surface area contributed by atoms with Gasteiger partial charge < -0.3 is 0 Å². The maximum Gasteiger partial charge on any atom is 0.262 e. The van der Waals surface area contributed by atoms with Gasteiger partial charge in [-0.25, -0.2) is 12.8 Å². The maximum absolute atomic E-state index is 13.7. The van der Waals surface area contributed by atoms with Crippen LogP contribution in [0.4, 0.5) is 10.1 Å². The predicted molar refractivity (Wildman–Crippen MR) is 81.1 cm³/mol. The lowest BCUT2D eigenvalue weighted by atomic mass is 10.2. The molecule has 0 spiro atoms. The van der Waals surface area contributed by atoms with Crippen molar-refractivity contribution in [1.29, 1.82) is 0 Å². The van der Waals surface area contributed by atoms with Crippen LogP contribution in [0.5, 0.6) is 0 Å². The van der Waals surface area contributed by atoms with Crippen LogP contribution in [0, 0.1) is 12.7 Å². The van der Waals surface area contributed by atoms with E-state index in [-0.39, 0.29) is 15.6 Å². The fourth-order valence-electron chi connectivity index (χ4n) is 1.53. The van der Waals surface area contributed by atoms with Gasteiger partial charge in [0.25, 0.3) is 10.0 Å². The highest BCUT2D eigenvalue weighted by atomic mass is 79.9. The molecule has 0 aliphatic rings. The molecule has 7 heteroatoms. The van der Waals surface area contributed by atoms with E-state index in [1.807, 2.05) is 6.92 Å². The summed E-state index contributed by atoms with van der Waals surface area (Å²) in [4.78, 5) is 0.0403. The molecule has 0 amide bonds. The first-order chi connectivity index (χ1) is 9.31. The van der Waals surface area contributed by atoms with Gasteiger partial charge in [-0.1, -0.05) is 29.3 Å². The molecular weight excluding hydrogens is 369 g/mol. The molecule has 0 heterocycles. The first-order valence-corrected chi connectivity index (χ1v) is 8.19. The zero-order chi connectivity index (χ0) is 14.9. The number of halogens is 3. The summed E-state index contributed by atoms with van der Waals surface area (Å²) < 4.78 is 40.6. The molecule has 1 N–H and O–H groups in total. The molecule has 0 fully saturated rings. The first kappa shape index (κ1) is 15.3. The zero-order valence-corrected chi connectivity index (χ0v) is 13.5. The standard InChI is InChI=1S/C13H10BrClFNO2S/c1-8-2-4-9(5-3-8)20(18,19)17-13-11(16)7-6-10(14)12(13)15/h2-7,17H,1H3. The maximum atomic E-state index is 13.7. The van der Waals surface area contributed by atoms with Gasteiger partial charge in [0.1, 0.15) is 11.5 Å². The van der Waals surface area contributed by atoms with Crippen LogP contribution in [0.2, 0.25) is 5.02 Å². The molecule has 2 rings (SSSR count). The number of hydrogen-bond donors (Lipinski definition) is 1. The number of aryl methyl sites for hydroxylation is 1. The summed E-state index contributed by atoms with van der Waals surface area (Å²) in [6, 6.07) is 8.74. The van der Waals surface area contributed by atoms with Gasteiger partial charge in [-0.05, 0) is 47.1 Å². The summed E-state index contributed by atoms with van der Waals surface area (Å²) in [5, 5.41) is -0.0271. The van der Waals surface area contributed by atoms with Crippen molar-refractivity contribution in [2.45, 2.75) is 11.8 Å². The van der Waals surface area contributed by atoms with Gasteiger partial charge in [-0.3, -0.25) is 4.72 Å². The van der Waals surface area contributed by atoms with Crippen molar-refractivity contribution in [3.8, 4) is 0 Å². The molecular formula is C13H10BrClFNO2S. The van der Waals surface area contributed by atoms with E-state index in [2.05, 4.69) is 20.7 Å². The Labute approximate surface area is 130 Å². The quantitative estimate of drug-likeness (QED) is 0.807. The summed E-state index contributed by atoms with van der Waals surface area (Å²) >= 11 is 9.02. The third kappa shape index (κ3) is 3.13. The second-order valence-electron chi connectivity index (χ2n) is 4.14. The Morgan fingerprint density at radius 2 is 1.75 bits per heavy atom. The van der Waals surface area contributed by atoms with Crippen molar-refractivity contribution in [3.63, 3.8) is 0 Å². The average Bonchev–Trinajstić information content (AvgIpc) is 2.40. The lowest BCUT2D eigenvalue weighted by molar-refractivity contribution is 0.598. The zero-order valence-electron chi connectivity index (χ0n) is 10.3. The molecule has 106 valence electrons. The van der Waals surface area contributed by atoms with E-state index in [1.165, 1.54) is 18.2 Å². The van der Waals surface area contributed by atoms with E-state index in [0.717, 1.165) is 11.6 Å². The first-order valence-electron chi connectivity index (χ1n) is 5.54. The topological polar surface area (TPSA) is 46.2 Å². The van der Waals surface area contributed by atoms with Crippen LogP contribution in [0.15, 0.2) is 45.8 Å². The molecule has 0 radical (unpaired) electrons. The van der Waals surface area contributed by atoms with E-state index in [9.17, 15) is 12.8 Å². The fourth-order valence-corrected chi connectivity index (χ4v) is 3.20. The van der Waals surface area contributed by atoms with E-state index in [4.69, 9.17) is 11.6 Å². The number of rotatable bonds is 3. The van der Waals surface area contributed by atoms with Gasteiger partial charge >= 0.3 is 0 Å². The SMILES string of the molecule is Cc1ccc(S(=O)(=O)Nc2c(F)ccc(Br)c2Cl)cc1. The number of hydrogen-bond acceptors (Lipinski definition) is 2. The van der Waals surface area contributed by atoms with Crippen LogP contribution < -0.4 is 4.72 Å². The highest BCUT2D eigenvalue weighted by molar-refractivity contribution is 9.10. The second kappa shape index (κ2) is 5.71. The Morgan fingerprint density at radius 3 is 2.35 bits per heavy atom. The van der Waals surface area contributed by atoms with Crippen LogP contribution in [0.3, 0.4) is 0 Å². The van der Waals surface area contributed by atoms with Gasteiger partial charge in [0.2, 0.25) is 0 Å². The largest absolute Gasteiger partial charge is 0.275 e. The van der Waals surface area contributed by atoms with Crippen molar-refractivity contribution in [3.05, 3.63) is 57.3 Å². The molecule has 2 aromatic carbocycles. The minimum absolute atomic E-state index is 0.0271. The number of benzene rings is 2. The van der Waals surface area contributed by atoms with Crippen molar-refractivity contribution >= 4 is 43.2 Å². The number of nitrogens with one attached hydrogen (secondary N) is 1. The minimum atomic E-state index is -3.89. The summed E-state index contributed by atoms with van der Waals surface area (Å²) in [7, 11) is -3.89. The van der Waals surface area contributed by atoms with Crippen LogP contribution in [0.25, 0.3) is 0 Å². The molecule has 0 bridgehead atoms. The third-order valence-electron chi connectivity index (χ3n) is 2.61. The van der Waals surface area contributed by atoms with E-state index < -0.39 is 15.8 Å². The fraction of sp³-hybridized carbons (Fsp3) is 0.0769. The third-order valence-corrected chi connectivity index (χ3v) is 5.26. The van der Waals surface area contributed by atoms with Gasteiger partial charge in [0.15, 0.2) is 0 Å². The van der Waals surface area contributed by atoms with Crippen LogP contribution >= 0.6 is 27.5 Å². The molecule has 0 saturated carbocycles. The average molecular weight is 379 g/mol. The number of anilines is 1. The highest BCUT2D eigenvalue weighted by Crippen LogP contribution is 2.33. The molecule has 0 aromatic heterocycles.